The molecule has 0 aromatic heterocycles. The molecule has 8 heteroatoms. The first-order valence-corrected chi connectivity index (χ1v) is 6.77. The highest BCUT2D eigenvalue weighted by Gasteiger charge is 2.56. The molecule has 1 saturated carbocycles. The number of fused-ring (bicyclic) bond motifs is 1. The Morgan fingerprint density at radius 2 is 2.10 bits per heavy atom. The van der Waals surface area contributed by atoms with Crippen LogP contribution in [0.1, 0.15) is 18.4 Å². The van der Waals surface area contributed by atoms with Crippen molar-refractivity contribution in [3.8, 4) is 0 Å². The Morgan fingerprint density at radius 1 is 1.43 bits per heavy atom. The minimum absolute atomic E-state index is 0.210. The van der Waals surface area contributed by atoms with Crippen LogP contribution in [-0.4, -0.2) is 28.8 Å². The highest BCUT2D eigenvalue weighted by atomic mass is 35.5. The summed E-state index contributed by atoms with van der Waals surface area (Å²) < 4.78 is 38.2. The number of rotatable bonds is 2. The van der Waals surface area contributed by atoms with Gasteiger partial charge in [0.25, 0.3) is 0 Å². The van der Waals surface area contributed by atoms with Crippen molar-refractivity contribution in [3.63, 3.8) is 0 Å². The zero-order chi connectivity index (χ0) is 15.4. The lowest BCUT2D eigenvalue weighted by Crippen LogP contribution is -2.58. The summed E-state index contributed by atoms with van der Waals surface area (Å²) in [6, 6.07) is 3.43. The van der Waals surface area contributed by atoms with Crippen LogP contribution in [0, 0.1) is 5.92 Å². The van der Waals surface area contributed by atoms with Crippen LogP contribution in [-0.2, 0) is 5.72 Å². The number of hydrogen-bond donors (Lipinski definition) is 2. The lowest BCUT2D eigenvalue weighted by Gasteiger charge is -2.44. The SMILES string of the molecule is O=C1Nc2ccc(Cl)cc2C(O)(C2CC2)N1CC(F)(F)F. The van der Waals surface area contributed by atoms with Gasteiger partial charge in [-0.1, -0.05) is 11.6 Å². The molecule has 2 amide bonds. The maximum atomic E-state index is 12.7. The van der Waals surface area contributed by atoms with Crippen molar-refractivity contribution in [3.05, 3.63) is 28.8 Å². The average molecular weight is 321 g/mol. The van der Waals surface area contributed by atoms with Crippen LogP contribution in [0.2, 0.25) is 5.02 Å². The summed E-state index contributed by atoms with van der Waals surface area (Å²) in [5.74, 6) is -0.414. The number of amides is 2. The Bertz CT molecular complexity index is 604. The number of hydrogen-bond acceptors (Lipinski definition) is 2. The van der Waals surface area contributed by atoms with Gasteiger partial charge in [0, 0.05) is 16.5 Å². The fourth-order valence-electron chi connectivity index (χ4n) is 2.71. The van der Waals surface area contributed by atoms with E-state index >= 15 is 0 Å². The number of alkyl halides is 3. The molecular formula is C13H12ClF3N2O2. The van der Waals surface area contributed by atoms with Crippen LogP contribution in [0.25, 0.3) is 0 Å². The molecule has 2 N–H and O–H groups in total. The summed E-state index contributed by atoms with van der Waals surface area (Å²) in [5.41, 5.74) is -1.48. The van der Waals surface area contributed by atoms with Gasteiger partial charge in [0.05, 0.1) is 5.69 Å². The molecule has 1 aliphatic carbocycles. The van der Waals surface area contributed by atoms with Crippen molar-refractivity contribution in [2.45, 2.75) is 24.7 Å². The largest absolute Gasteiger partial charge is 0.406 e. The predicted octanol–water partition coefficient (Wildman–Crippen LogP) is 3.30. The van der Waals surface area contributed by atoms with Crippen LogP contribution in [0.15, 0.2) is 18.2 Å². The molecule has 3 rings (SSSR count). The molecule has 1 fully saturated rings. The highest BCUT2D eigenvalue weighted by Crippen LogP contribution is 2.52. The second-order valence-corrected chi connectivity index (χ2v) is 5.76. The summed E-state index contributed by atoms with van der Waals surface area (Å²) in [4.78, 5) is 12.4. The lowest BCUT2D eigenvalue weighted by atomic mass is 9.92. The first-order chi connectivity index (χ1) is 9.72. The van der Waals surface area contributed by atoms with E-state index in [1.807, 2.05) is 0 Å². The van der Waals surface area contributed by atoms with Crippen molar-refractivity contribution in [2.75, 3.05) is 11.9 Å². The number of carbonyl (C=O) groups excluding carboxylic acids is 1. The monoisotopic (exact) mass is 320 g/mol. The zero-order valence-corrected chi connectivity index (χ0v) is 11.5. The van der Waals surface area contributed by atoms with Gasteiger partial charge in [-0.05, 0) is 31.0 Å². The summed E-state index contributed by atoms with van der Waals surface area (Å²) in [6.45, 7) is -1.52. The molecule has 1 aromatic rings. The van der Waals surface area contributed by atoms with Gasteiger partial charge >= 0.3 is 12.2 Å². The van der Waals surface area contributed by atoms with Crippen LogP contribution in [0.3, 0.4) is 0 Å². The Balaban J connectivity index is 2.11. The third-order valence-electron chi connectivity index (χ3n) is 3.76. The maximum absolute atomic E-state index is 12.7. The van der Waals surface area contributed by atoms with Crippen LogP contribution in [0.4, 0.5) is 23.7 Å². The number of halogens is 4. The van der Waals surface area contributed by atoms with Crippen molar-refractivity contribution in [1.82, 2.24) is 4.90 Å². The molecule has 0 spiro atoms. The first kappa shape index (κ1) is 14.5. The molecule has 21 heavy (non-hydrogen) atoms. The summed E-state index contributed by atoms with van der Waals surface area (Å²) in [5, 5.41) is 13.5. The number of urea groups is 1. The topological polar surface area (TPSA) is 52.6 Å². The smallest absolute Gasteiger partial charge is 0.366 e. The number of nitrogens with one attached hydrogen (secondary N) is 1. The summed E-state index contributed by atoms with van der Waals surface area (Å²) >= 11 is 5.88. The minimum atomic E-state index is -4.60. The number of benzene rings is 1. The zero-order valence-electron chi connectivity index (χ0n) is 10.7. The van der Waals surface area contributed by atoms with Gasteiger partial charge < -0.3 is 10.4 Å². The first-order valence-electron chi connectivity index (χ1n) is 6.39. The van der Waals surface area contributed by atoms with Crippen LogP contribution < -0.4 is 5.32 Å². The molecule has 2 aliphatic rings. The molecule has 0 saturated heterocycles. The van der Waals surface area contributed by atoms with Gasteiger partial charge in [-0.3, -0.25) is 4.90 Å². The molecule has 1 atom stereocenters. The van der Waals surface area contributed by atoms with Gasteiger partial charge in [-0.2, -0.15) is 13.2 Å². The van der Waals surface area contributed by atoms with E-state index in [4.69, 9.17) is 11.6 Å². The van der Waals surface area contributed by atoms with E-state index in [0.29, 0.717) is 17.7 Å². The van der Waals surface area contributed by atoms with E-state index < -0.39 is 30.4 Å². The van der Waals surface area contributed by atoms with E-state index in [1.54, 1.807) is 0 Å². The quantitative estimate of drug-likeness (QED) is 0.878. The average Bonchev–Trinajstić information content (AvgIpc) is 3.19. The number of aliphatic hydroxyl groups is 1. The highest BCUT2D eigenvalue weighted by molar-refractivity contribution is 6.30. The number of anilines is 1. The second-order valence-electron chi connectivity index (χ2n) is 5.32. The second kappa shape index (κ2) is 4.51. The Kier molecular flexibility index (Phi) is 3.11. The third-order valence-corrected chi connectivity index (χ3v) is 4.00. The Morgan fingerprint density at radius 3 is 2.67 bits per heavy atom. The Labute approximate surface area is 123 Å². The molecule has 1 heterocycles. The third kappa shape index (κ3) is 2.44. The van der Waals surface area contributed by atoms with Crippen molar-refractivity contribution in [1.29, 1.82) is 0 Å². The van der Waals surface area contributed by atoms with Gasteiger partial charge in [0.2, 0.25) is 0 Å². The van der Waals surface area contributed by atoms with E-state index in [0.717, 1.165) is 0 Å². The van der Waals surface area contributed by atoms with E-state index in [9.17, 15) is 23.1 Å². The van der Waals surface area contributed by atoms with Crippen molar-refractivity contribution in [2.24, 2.45) is 5.92 Å². The molecule has 0 radical (unpaired) electrons. The molecule has 1 aromatic carbocycles. The molecule has 1 unspecified atom stereocenters. The number of carbonyl (C=O) groups is 1. The fourth-order valence-corrected chi connectivity index (χ4v) is 2.88. The Hall–Kier alpha value is -1.47. The normalized spacial score (nSPS) is 25.6. The molecule has 114 valence electrons. The minimum Gasteiger partial charge on any atom is -0.366 e. The van der Waals surface area contributed by atoms with Gasteiger partial charge in [-0.25, -0.2) is 4.79 Å². The van der Waals surface area contributed by atoms with Crippen LogP contribution >= 0.6 is 11.6 Å². The molecule has 1 aliphatic heterocycles. The van der Waals surface area contributed by atoms with Gasteiger partial charge in [0.15, 0.2) is 5.72 Å². The van der Waals surface area contributed by atoms with Gasteiger partial charge in [-0.15, -0.1) is 0 Å². The standard InChI is InChI=1S/C13H12ClF3N2O2/c14-8-3-4-10-9(5-8)13(21,7-1-2-7)19(11(20)18-10)6-12(15,16)17/h3-5,7,21H,1-2,6H2,(H,18,20). The van der Waals surface area contributed by atoms with E-state index in [-0.39, 0.29) is 16.3 Å². The maximum Gasteiger partial charge on any atom is 0.406 e. The number of nitrogens with zero attached hydrogens (tertiary/aromatic N) is 1. The molecular weight excluding hydrogens is 309 g/mol. The fraction of sp³-hybridized carbons (Fsp3) is 0.462. The van der Waals surface area contributed by atoms with E-state index in [2.05, 4.69) is 5.32 Å². The van der Waals surface area contributed by atoms with Crippen LogP contribution in [0.5, 0.6) is 0 Å². The van der Waals surface area contributed by atoms with Crippen molar-refractivity contribution < 1.29 is 23.1 Å². The summed E-state index contributed by atoms with van der Waals surface area (Å²) in [7, 11) is 0. The van der Waals surface area contributed by atoms with Crippen molar-refractivity contribution >= 4 is 23.3 Å². The van der Waals surface area contributed by atoms with E-state index in [1.165, 1.54) is 18.2 Å². The predicted molar refractivity (Wildman–Crippen MR) is 69.9 cm³/mol. The van der Waals surface area contributed by atoms with Gasteiger partial charge in [0.1, 0.15) is 6.54 Å². The molecule has 4 nitrogen and oxygen atoms in total. The lowest BCUT2D eigenvalue weighted by molar-refractivity contribution is -0.189. The summed E-state index contributed by atoms with van der Waals surface area (Å²) in [6.07, 6.45) is -3.48. The molecule has 0 bridgehead atoms.